The molecule has 0 saturated carbocycles. The van der Waals surface area contributed by atoms with Crippen molar-refractivity contribution in [1.82, 2.24) is 10.4 Å². The molecule has 106 valence electrons. The number of hydrazine groups is 1. The van der Waals surface area contributed by atoms with Crippen molar-refractivity contribution in [2.24, 2.45) is 5.84 Å². The molecule has 4 heteroatoms. The highest BCUT2D eigenvalue weighted by molar-refractivity contribution is 7.98. The average Bonchev–Trinajstić information content (AvgIpc) is 2.56. The molecule has 1 aromatic heterocycles. The molecule has 3 aromatic rings. The van der Waals surface area contributed by atoms with Crippen LogP contribution in [0, 0.1) is 0 Å². The Balaban J connectivity index is 2.09. The number of nitrogens with two attached hydrogens (primary N) is 1. The molecule has 3 rings (SSSR count). The number of pyridine rings is 1. The molecule has 1 unspecified atom stereocenters. The van der Waals surface area contributed by atoms with Gasteiger partial charge in [0.05, 0.1) is 11.6 Å². The summed E-state index contributed by atoms with van der Waals surface area (Å²) in [6, 6.07) is 18.6. The Morgan fingerprint density at radius 3 is 2.76 bits per heavy atom. The second-order valence-electron chi connectivity index (χ2n) is 4.80. The minimum Gasteiger partial charge on any atom is -0.271 e. The average molecular weight is 295 g/mol. The topological polar surface area (TPSA) is 50.9 Å². The maximum atomic E-state index is 5.82. The quantitative estimate of drug-likeness (QED) is 0.439. The predicted octanol–water partition coefficient (Wildman–Crippen LogP) is 3.51. The Kier molecular flexibility index (Phi) is 4.20. The molecule has 0 bridgehead atoms. The summed E-state index contributed by atoms with van der Waals surface area (Å²) >= 11 is 1.73. The van der Waals surface area contributed by atoms with Crippen molar-refractivity contribution in [3.05, 3.63) is 71.9 Å². The standard InChI is InChI=1S/C17H17N3S/c1-21-16-7-3-2-6-14(16)17(20-18)13-9-8-12-5-4-10-19-15(12)11-13/h2-11,17,20H,18H2,1H3. The maximum absolute atomic E-state index is 5.82. The van der Waals surface area contributed by atoms with E-state index in [0.717, 1.165) is 16.5 Å². The Morgan fingerprint density at radius 2 is 1.95 bits per heavy atom. The third-order valence-electron chi connectivity index (χ3n) is 3.58. The normalized spacial score (nSPS) is 12.5. The Hall–Kier alpha value is -1.88. The van der Waals surface area contributed by atoms with Crippen molar-refractivity contribution in [2.45, 2.75) is 10.9 Å². The fraction of sp³-hybridized carbons (Fsp3) is 0.118. The minimum atomic E-state index is -0.0416. The molecule has 3 N–H and O–H groups in total. The van der Waals surface area contributed by atoms with Crippen molar-refractivity contribution < 1.29 is 0 Å². The highest BCUT2D eigenvalue weighted by Crippen LogP contribution is 2.30. The van der Waals surface area contributed by atoms with Gasteiger partial charge in [0.25, 0.3) is 0 Å². The molecule has 0 amide bonds. The van der Waals surface area contributed by atoms with E-state index in [0.29, 0.717) is 0 Å². The van der Waals surface area contributed by atoms with Crippen LogP contribution in [0.4, 0.5) is 0 Å². The van der Waals surface area contributed by atoms with Gasteiger partial charge in [0.2, 0.25) is 0 Å². The van der Waals surface area contributed by atoms with Gasteiger partial charge in [-0.05, 0) is 35.6 Å². The summed E-state index contributed by atoms with van der Waals surface area (Å²) in [5.41, 5.74) is 6.22. The number of nitrogens with zero attached hydrogens (tertiary/aromatic N) is 1. The Bertz CT molecular complexity index is 758. The Labute approximate surface area is 128 Å². The zero-order chi connectivity index (χ0) is 14.7. The summed E-state index contributed by atoms with van der Waals surface area (Å²) in [5.74, 6) is 5.82. The van der Waals surface area contributed by atoms with Crippen LogP contribution in [0.1, 0.15) is 17.2 Å². The monoisotopic (exact) mass is 295 g/mol. The first-order chi connectivity index (χ1) is 10.3. The van der Waals surface area contributed by atoms with Gasteiger partial charge in [-0.3, -0.25) is 10.8 Å². The van der Waals surface area contributed by atoms with Crippen LogP contribution < -0.4 is 11.3 Å². The van der Waals surface area contributed by atoms with Crippen LogP contribution in [0.3, 0.4) is 0 Å². The largest absolute Gasteiger partial charge is 0.271 e. The molecular formula is C17H17N3S. The lowest BCUT2D eigenvalue weighted by Gasteiger charge is -2.19. The summed E-state index contributed by atoms with van der Waals surface area (Å²) in [6.07, 6.45) is 3.89. The van der Waals surface area contributed by atoms with Crippen LogP contribution in [-0.2, 0) is 0 Å². The minimum absolute atomic E-state index is 0.0416. The number of hydrogen-bond donors (Lipinski definition) is 2. The van der Waals surface area contributed by atoms with Crippen molar-refractivity contribution in [2.75, 3.05) is 6.26 Å². The highest BCUT2D eigenvalue weighted by atomic mass is 32.2. The summed E-state index contributed by atoms with van der Waals surface area (Å²) in [5, 5.41) is 1.13. The van der Waals surface area contributed by atoms with Gasteiger partial charge in [0.15, 0.2) is 0 Å². The lowest BCUT2D eigenvalue weighted by molar-refractivity contribution is 0.628. The van der Waals surface area contributed by atoms with Gasteiger partial charge in [0.1, 0.15) is 0 Å². The van der Waals surface area contributed by atoms with E-state index in [2.05, 4.69) is 53.1 Å². The van der Waals surface area contributed by atoms with Gasteiger partial charge in [-0.1, -0.05) is 36.4 Å². The van der Waals surface area contributed by atoms with Gasteiger partial charge in [-0.2, -0.15) is 0 Å². The first-order valence-electron chi connectivity index (χ1n) is 6.77. The van der Waals surface area contributed by atoms with Crippen LogP contribution in [0.25, 0.3) is 10.9 Å². The van der Waals surface area contributed by atoms with E-state index < -0.39 is 0 Å². The molecule has 1 atom stereocenters. The second-order valence-corrected chi connectivity index (χ2v) is 5.65. The fourth-order valence-electron chi connectivity index (χ4n) is 2.53. The van der Waals surface area contributed by atoms with E-state index in [-0.39, 0.29) is 6.04 Å². The number of hydrogen-bond acceptors (Lipinski definition) is 4. The molecule has 21 heavy (non-hydrogen) atoms. The third kappa shape index (κ3) is 2.78. The highest BCUT2D eigenvalue weighted by Gasteiger charge is 2.16. The van der Waals surface area contributed by atoms with E-state index >= 15 is 0 Å². The van der Waals surface area contributed by atoms with Gasteiger partial charge >= 0.3 is 0 Å². The number of benzene rings is 2. The van der Waals surface area contributed by atoms with Crippen molar-refractivity contribution in [1.29, 1.82) is 0 Å². The van der Waals surface area contributed by atoms with E-state index in [4.69, 9.17) is 5.84 Å². The molecule has 3 nitrogen and oxygen atoms in total. The van der Waals surface area contributed by atoms with Gasteiger partial charge < -0.3 is 0 Å². The van der Waals surface area contributed by atoms with Crippen LogP contribution in [0.5, 0.6) is 0 Å². The molecule has 0 aliphatic heterocycles. The van der Waals surface area contributed by atoms with Gasteiger partial charge in [-0.25, -0.2) is 5.43 Å². The van der Waals surface area contributed by atoms with E-state index in [9.17, 15) is 0 Å². The SMILES string of the molecule is CSc1ccccc1C(NN)c1ccc2cccnc2c1. The fourth-order valence-corrected chi connectivity index (χ4v) is 3.17. The zero-order valence-corrected chi connectivity index (χ0v) is 12.6. The first-order valence-corrected chi connectivity index (χ1v) is 7.99. The van der Waals surface area contributed by atoms with Crippen molar-refractivity contribution >= 4 is 22.7 Å². The lowest BCUT2D eigenvalue weighted by Crippen LogP contribution is -2.29. The zero-order valence-electron chi connectivity index (χ0n) is 11.8. The maximum Gasteiger partial charge on any atom is 0.0721 e. The number of aromatic nitrogens is 1. The smallest absolute Gasteiger partial charge is 0.0721 e. The third-order valence-corrected chi connectivity index (χ3v) is 4.39. The van der Waals surface area contributed by atoms with Gasteiger partial charge in [-0.15, -0.1) is 11.8 Å². The molecule has 0 fully saturated rings. The summed E-state index contributed by atoms with van der Waals surface area (Å²) in [4.78, 5) is 5.64. The second kappa shape index (κ2) is 6.26. The van der Waals surface area contributed by atoms with Crippen LogP contribution in [-0.4, -0.2) is 11.2 Å². The molecule has 0 spiro atoms. The Morgan fingerprint density at radius 1 is 1.10 bits per heavy atom. The summed E-state index contributed by atoms with van der Waals surface area (Å²) in [6.45, 7) is 0. The van der Waals surface area contributed by atoms with Crippen LogP contribution >= 0.6 is 11.8 Å². The first kappa shape index (κ1) is 14.1. The molecule has 2 aromatic carbocycles. The van der Waals surface area contributed by atoms with Crippen molar-refractivity contribution in [3.8, 4) is 0 Å². The van der Waals surface area contributed by atoms with Gasteiger partial charge in [0, 0.05) is 16.5 Å². The van der Waals surface area contributed by atoms with E-state index in [1.807, 2.05) is 24.4 Å². The van der Waals surface area contributed by atoms with Crippen LogP contribution in [0.15, 0.2) is 65.7 Å². The van der Waals surface area contributed by atoms with Crippen molar-refractivity contribution in [3.63, 3.8) is 0 Å². The summed E-state index contributed by atoms with van der Waals surface area (Å²) < 4.78 is 0. The molecule has 0 aliphatic carbocycles. The molecule has 0 saturated heterocycles. The number of nitrogens with one attached hydrogen (secondary N) is 1. The van der Waals surface area contributed by atoms with E-state index in [1.54, 1.807) is 11.8 Å². The molecule has 0 radical (unpaired) electrons. The van der Waals surface area contributed by atoms with Crippen LogP contribution in [0.2, 0.25) is 0 Å². The lowest BCUT2D eigenvalue weighted by atomic mass is 9.98. The predicted molar refractivity (Wildman–Crippen MR) is 89.1 cm³/mol. The number of fused-ring (bicyclic) bond motifs is 1. The van der Waals surface area contributed by atoms with E-state index in [1.165, 1.54) is 10.5 Å². The number of rotatable bonds is 4. The number of thioether (sulfide) groups is 1. The summed E-state index contributed by atoms with van der Waals surface area (Å²) in [7, 11) is 0. The molecular weight excluding hydrogens is 278 g/mol. The molecule has 0 aliphatic rings. The molecule has 1 heterocycles.